The summed E-state index contributed by atoms with van der Waals surface area (Å²) in [4.78, 5) is 21.1. The van der Waals surface area contributed by atoms with Crippen LogP contribution in [0.25, 0.3) is 6.08 Å². The van der Waals surface area contributed by atoms with Gasteiger partial charge in [-0.05, 0) is 89.1 Å². The van der Waals surface area contributed by atoms with Gasteiger partial charge in [-0.3, -0.25) is 9.69 Å². The summed E-state index contributed by atoms with van der Waals surface area (Å²) in [5, 5.41) is 0. The molecule has 0 aromatic heterocycles. The van der Waals surface area contributed by atoms with Crippen molar-refractivity contribution in [2.24, 2.45) is 4.99 Å². The van der Waals surface area contributed by atoms with Crippen molar-refractivity contribution in [1.82, 2.24) is 4.90 Å². The summed E-state index contributed by atoms with van der Waals surface area (Å²) in [7, 11) is 0. The van der Waals surface area contributed by atoms with Gasteiger partial charge >= 0.3 is 6.02 Å². The molecule has 5 heteroatoms. The van der Waals surface area contributed by atoms with Gasteiger partial charge in [0, 0.05) is 29.6 Å². The molecular formula is C30H33N3O2. The molecule has 0 unspecified atom stereocenters. The zero-order valence-corrected chi connectivity index (χ0v) is 21.4. The Hall–Kier alpha value is -3.86. The molecule has 3 aromatic rings. The van der Waals surface area contributed by atoms with E-state index in [1.165, 1.54) is 16.7 Å². The van der Waals surface area contributed by atoms with Crippen LogP contribution >= 0.6 is 0 Å². The monoisotopic (exact) mass is 467 g/mol. The average Bonchev–Trinajstić information content (AvgIpc) is 3.10. The second kappa shape index (κ2) is 10.2. The lowest BCUT2D eigenvalue weighted by Gasteiger charge is -2.27. The van der Waals surface area contributed by atoms with Gasteiger partial charge in [0.15, 0.2) is 5.76 Å². The Balaban J connectivity index is 1.69. The van der Waals surface area contributed by atoms with Crippen LogP contribution in [0.3, 0.4) is 0 Å². The number of nitrogens with zero attached hydrogens (tertiary/aromatic N) is 3. The molecule has 0 atom stereocenters. The number of ether oxygens (including phenoxy) is 1. The maximum Gasteiger partial charge on any atom is 0.300 e. The third-order valence-electron chi connectivity index (χ3n) is 5.91. The topological polar surface area (TPSA) is 45.1 Å². The van der Waals surface area contributed by atoms with Crippen LogP contribution in [0, 0.1) is 20.8 Å². The van der Waals surface area contributed by atoms with Crippen molar-refractivity contribution in [3.63, 3.8) is 0 Å². The van der Waals surface area contributed by atoms with Gasteiger partial charge in [0.1, 0.15) is 0 Å². The number of carbonyl (C=O) groups is 1. The standard InChI is InChI=1S/C30H33N3O2/c1-7-32-29(34)28(35-30(32)31-20(2)3)19-24-11-15-26(16-12-24)33(25-13-8-21(4)9-14-25)27-17-10-22(5)18-23(27)6/h8-20H,7H2,1-6H3/b28-19+,31-30+. The zero-order chi connectivity index (χ0) is 25.1. The van der Waals surface area contributed by atoms with Crippen molar-refractivity contribution >= 4 is 35.1 Å². The summed E-state index contributed by atoms with van der Waals surface area (Å²) in [6.07, 6.45) is 1.78. The van der Waals surface area contributed by atoms with Crippen molar-refractivity contribution in [3.05, 3.63) is 94.7 Å². The molecule has 1 aliphatic rings. The maximum atomic E-state index is 12.8. The first-order chi connectivity index (χ1) is 16.8. The Bertz CT molecular complexity index is 1270. The molecule has 1 amide bonds. The number of hydrogen-bond acceptors (Lipinski definition) is 4. The lowest BCUT2D eigenvalue weighted by Crippen LogP contribution is -2.30. The van der Waals surface area contributed by atoms with Crippen molar-refractivity contribution in [3.8, 4) is 0 Å². The third kappa shape index (κ3) is 5.29. The van der Waals surface area contributed by atoms with Gasteiger partial charge < -0.3 is 9.64 Å². The maximum absolute atomic E-state index is 12.8. The number of anilines is 3. The quantitative estimate of drug-likeness (QED) is 0.364. The van der Waals surface area contributed by atoms with Gasteiger partial charge in [-0.1, -0.05) is 47.5 Å². The fourth-order valence-electron chi connectivity index (χ4n) is 4.15. The first-order valence-electron chi connectivity index (χ1n) is 12.1. The molecule has 4 rings (SSSR count). The summed E-state index contributed by atoms with van der Waals surface area (Å²) in [5.41, 5.74) is 7.82. The van der Waals surface area contributed by atoms with Crippen LogP contribution in [0.1, 0.15) is 43.0 Å². The molecule has 180 valence electrons. The van der Waals surface area contributed by atoms with E-state index in [4.69, 9.17) is 4.74 Å². The van der Waals surface area contributed by atoms with Crippen LogP contribution in [0.4, 0.5) is 17.1 Å². The number of hydrogen-bond donors (Lipinski definition) is 0. The fourth-order valence-corrected chi connectivity index (χ4v) is 4.15. The molecule has 0 aliphatic carbocycles. The molecule has 5 nitrogen and oxygen atoms in total. The van der Waals surface area contributed by atoms with Gasteiger partial charge in [-0.15, -0.1) is 0 Å². The number of carbonyl (C=O) groups excluding carboxylic acids is 1. The van der Waals surface area contributed by atoms with Gasteiger partial charge in [0.25, 0.3) is 5.91 Å². The van der Waals surface area contributed by atoms with Crippen LogP contribution in [0.2, 0.25) is 0 Å². The van der Waals surface area contributed by atoms with E-state index < -0.39 is 0 Å². The number of aryl methyl sites for hydroxylation is 3. The van der Waals surface area contributed by atoms with Crippen molar-refractivity contribution in [2.45, 2.75) is 47.6 Å². The predicted molar refractivity (Wildman–Crippen MR) is 144 cm³/mol. The van der Waals surface area contributed by atoms with Crippen molar-refractivity contribution < 1.29 is 9.53 Å². The molecule has 0 N–H and O–H groups in total. The molecule has 0 spiro atoms. The van der Waals surface area contributed by atoms with Crippen molar-refractivity contribution in [2.75, 3.05) is 11.4 Å². The fraction of sp³-hybridized carbons (Fsp3) is 0.267. The smallest absolute Gasteiger partial charge is 0.300 e. The predicted octanol–water partition coefficient (Wildman–Crippen LogP) is 7.07. The Morgan fingerprint density at radius 1 is 0.914 bits per heavy atom. The number of likely N-dealkylation sites (N-methyl/N-ethyl adjacent to an activating group) is 1. The number of amides is 1. The van der Waals surface area contributed by atoms with Crippen LogP contribution in [-0.4, -0.2) is 29.4 Å². The van der Waals surface area contributed by atoms with E-state index in [1.807, 2.05) is 32.9 Å². The highest BCUT2D eigenvalue weighted by Crippen LogP contribution is 2.37. The molecular weight excluding hydrogens is 434 g/mol. The number of rotatable bonds is 6. The second-order valence-electron chi connectivity index (χ2n) is 9.22. The molecule has 0 radical (unpaired) electrons. The number of benzene rings is 3. The van der Waals surface area contributed by atoms with E-state index in [2.05, 4.69) is 85.3 Å². The minimum absolute atomic E-state index is 0.0449. The SMILES string of the molecule is CCN1C(=O)/C(=C\c2ccc(N(c3ccc(C)cc3)c3ccc(C)cc3C)cc2)O/C1=N/C(C)C. The van der Waals surface area contributed by atoms with E-state index in [9.17, 15) is 4.79 Å². The second-order valence-corrected chi connectivity index (χ2v) is 9.22. The van der Waals surface area contributed by atoms with Crippen molar-refractivity contribution in [1.29, 1.82) is 0 Å². The number of aliphatic imine (C=N–C) groups is 1. The lowest BCUT2D eigenvalue weighted by atomic mass is 10.1. The number of amidine groups is 1. The van der Waals surface area contributed by atoms with Gasteiger partial charge in [0.05, 0.1) is 0 Å². The first-order valence-corrected chi connectivity index (χ1v) is 12.1. The first kappa shape index (κ1) is 24.3. The normalized spacial score (nSPS) is 15.9. The van der Waals surface area contributed by atoms with E-state index >= 15 is 0 Å². The summed E-state index contributed by atoms with van der Waals surface area (Å²) >= 11 is 0. The molecule has 0 saturated carbocycles. The summed E-state index contributed by atoms with van der Waals surface area (Å²) in [5.74, 6) is 0.135. The highest BCUT2D eigenvalue weighted by atomic mass is 16.5. The largest absolute Gasteiger partial charge is 0.420 e. The highest BCUT2D eigenvalue weighted by Gasteiger charge is 2.33. The molecule has 35 heavy (non-hydrogen) atoms. The average molecular weight is 468 g/mol. The van der Waals surface area contributed by atoms with E-state index in [0.717, 1.165) is 22.6 Å². The summed E-state index contributed by atoms with van der Waals surface area (Å²) < 4.78 is 5.82. The third-order valence-corrected chi connectivity index (χ3v) is 5.91. The van der Waals surface area contributed by atoms with Crippen LogP contribution < -0.4 is 4.90 Å². The Labute approximate surface area is 208 Å². The molecule has 1 heterocycles. The molecule has 3 aromatic carbocycles. The summed E-state index contributed by atoms with van der Waals surface area (Å²) in [6.45, 7) is 12.7. The zero-order valence-electron chi connectivity index (χ0n) is 21.4. The van der Waals surface area contributed by atoms with Crippen LogP contribution in [0.5, 0.6) is 0 Å². The van der Waals surface area contributed by atoms with Crippen LogP contribution in [-0.2, 0) is 9.53 Å². The summed E-state index contributed by atoms with van der Waals surface area (Å²) in [6, 6.07) is 23.6. The van der Waals surface area contributed by atoms with Gasteiger partial charge in [0.2, 0.25) is 0 Å². The van der Waals surface area contributed by atoms with Gasteiger partial charge in [-0.2, -0.15) is 0 Å². The van der Waals surface area contributed by atoms with Gasteiger partial charge in [-0.25, -0.2) is 4.99 Å². The minimum atomic E-state index is -0.160. The molecule has 1 fully saturated rings. The van der Waals surface area contributed by atoms with E-state index in [1.54, 1.807) is 11.0 Å². The minimum Gasteiger partial charge on any atom is -0.420 e. The Morgan fingerprint density at radius 2 is 1.51 bits per heavy atom. The molecule has 1 aliphatic heterocycles. The van der Waals surface area contributed by atoms with E-state index in [-0.39, 0.29) is 11.9 Å². The molecule has 0 bridgehead atoms. The lowest BCUT2D eigenvalue weighted by molar-refractivity contribution is -0.122. The van der Waals surface area contributed by atoms with E-state index in [0.29, 0.717) is 18.3 Å². The highest BCUT2D eigenvalue weighted by molar-refractivity contribution is 6.11. The Morgan fingerprint density at radius 3 is 2.09 bits per heavy atom. The van der Waals surface area contributed by atoms with Crippen LogP contribution in [0.15, 0.2) is 77.5 Å². The Kier molecular flexibility index (Phi) is 7.06. The molecule has 1 saturated heterocycles.